The van der Waals surface area contributed by atoms with E-state index in [1.54, 1.807) is 24.3 Å². The molecule has 0 atom stereocenters. The molecule has 0 aliphatic carbocycles. The summed E-state index contributed by atoms with van der Waals surface area (Å²) in [6.07, 6.45) is 2.64. The molecule has 5 rings (SSSR count). The van der Waals surface area contributed by atoms with E-state index in [-0.39, 0.29) is 14.3 Å². The van der Waals surface area contributed by atoms with Crippen LogP contribution in [0, 0.1) is 7.14 Å². The highest BCUT2D eigenvalue weighted by atomic mass is 127. The molecule has 3 radical (unpaired) electrons. The first kappa shape index (κ1) is 32.3. The molecular formula is C30H29BI2N5O3. The number of pyridine rings is 1. The first-order chi connectivity index (χ1) is 19.3. The maximum absolute atomic E-state index is 12.3. The van der Waals surface area contributed by atoms with Crippen LogP contribution in [0.15, 0.2) is 72.8 Å². The normalized spacial score (nSPS) is 10.5. The van der Waals surface area contributed by atoms with Gasteiger partial charge in [-0.1, -0.05) is 25.1 Å². The Morgan fingerprint density at radius 3 is 2.12 bits per heavy atom. The average Bonchev–Trinajstić information content (AvgIpc) is 3.33. The Kier molecular flexibility index (Phi) is 11.9. The number of anilines is 1. The molecule has 2 heterocycles. The van der Waals surface area contributed by atoms with Gasteiger partial charge in [-0.2, -0.15) is 0 Å². The van der Waals surface area contributed by atoms with Gasteiger partial charge in [0.25, 0.3) is 5.91 Å². The van der Waals surface area contributed by atoms with Crippen molar-refractivity contribution in [2.45, 2.75) is 32.7 Å². The molecule has 4 N–H and O–H groups in total. The molecule has 41 heavy (non-hydrogen) atoms. The molecule has 1 amide bonds. The molecule has 11 heteroatoms. The molecule has 0 spiro atoms. The average molecular weight is 772 g/mol. The molecule has 0 aliphatic heterocycles. The van der Waals surface area contributed by atoms with Gasteiger partial charge in [0.1, 0.15) is 11.3 Å². The van der Waals surface area contributed by atoms with E-state index in [1.807, 2.05) is 42.5 Å². The lowest BCUT2D eigenvalue weighted by atomic mass is 10.2. The first-order valence-electron chi connectivity index (χ1n) is 12.8. The van der Waals surface area contributed by atoms with Gasteiger partial charge in [-0.05, 0) is 113 Å². The molecular weight excluding hydrogens is 743 g/mol. The van der Waals surface area contributed by atoms with E-state index in [0.29, 0.717) is 23.5 Å². The number of carboxylic acid groups (broad SMARTS) is 1. The highest BCUT2D eigenvalue weighted by Gasteiger charge is 2.16. The number of fused-ring (bicyclic) bond motifs is 3. The second-order valence-electron chi connectivity index (χ2n) is 9.03. The molecule has 8 nitrogen and oxygen atoms in total. The van der Waals surface area contributed by atoms with Crippen LogP contribution < -0.4 is 11.1 Å². The van der Waals surface area contributed by atoms with Crippen LogP contribution in [-0.2, 0) is 13.0 Å². The Hall–Kier alpha value is -3.20. The second kappa shape index (κ2) is 15.2. The molecule has 0 saturated carbocycles. The number of aryl methyl sites for hydroxylation is 2. The monoisotopic (exact) mass is 772 g/mol. The lowest BCUT2D eigenvalue weighted by Crippen LogP contribution is -2.24. The van der Waals surface area contributed by atoms with E-state index >= 15 is 0 Å². The number of benzene rings is 3. The van der Waals surface area contributed by atoms with Crippen LogP contribution in [0.2, 0.25) is 0 Å². The van der Waals surface area contributed by atoms with Crippen molar-refractivity contribution >= 4 is 93.2 Å². The number of para-hydroxylation sites is 1. The fourth-order valence-electron chi connectivity index (χ4n) is 4.31. The van der Waals surface area contributed by atoms with Crippen molar-refractivity contribution in [2.24, 2.45) is 0 Å². The third kappa shape index (κ3) is 8.18. The number of hydrogen-bond acceptors (Lipinski definition) is 5. The van der Waals surface area contributed by atoms with Gasteiger partial charge in [0.2, 0.25) is 0 Å². The van der Waals surface area contributed by atoms with Crippen molar-refractivity contribution < 1.29 is 14.7 Å². The zero-order valence-corrected chi connectivity index (χ0v) is 26.8. The maximum Gasteiger partial charge on any atom is 0.335 e. The SMILES string of the molecule is CCc1nc2c(N)nc3ccccc3c2n1CCCCNC(=O)c1ccc(I)cc1.O=C(O)c1ccc(I)cc1.[B]. The number of carbonyl (C=O) groups is 2. The third-order valence-corrected chi connectivity index (χ3v) is 7.74. The van der Waals surface area contributed by atoms with E-state index in [9.17, 15) is 9.59 Å². The number of nitrogens with two attached hydrogens (primary N) is 1. The van der Waals surface area contributed by atoms with Crippen LogP contribution in [0.4, 0.5) is 5.82 Å². The maximum atomic E-state index is 12.3. The van der Waals surface area contributed by atoms with Crippen LogP contribution in [0.25, 0.3) is 21.9 Å². The third-order valence-electron chi connectivity index (χ3n) is 6.30. The fraction of sp³-hybridized carbons (Fsp3) is 0.200. The Bertz CT molecular complexity index is 1640. The van der Waals surface area contributed by atoms with E-state index in [0.717, 1.165) is 60.7 Å². The Balaban J connectivity index is 0.000000357. The van der Waals surface area contributed by atoms with Gasteiger partial charge in [0.05, 0.1) is 16.6 Å². The summed E-state index contributed by atoms with van der Waals surface area (Å²) in [5, 5.41) is 12.6. The van der Waals surface area contributed by atoms with Crippen LogP contribution in [0.5, 0.6) is 0 Å². The van der Waals surface area contributed by atoms with Gasteiger partial charge < -0.3 is 20.7 Å². The van der Waals surface area contributed by atoms with Crippen molar-refractivity contribution in [3.05, 3.63) is 96.9 Å². The quantitative estimate of drug-likeness (QED) is 0.0989. The number of carbonyl (C=O) groups excluding carboxylic acids is 1. The number of aromatic nitrogens is 3. The predicted molar refractivity (Wildman–Crippen MR) is 181 cm³/mol. The Morgan fingerprint density at radius 2 is 1.51 bits per heavy atom. The number of rotatable bonds is 8. The van der Waals surface area contributed by atoms with Crippen molar-refractivity contribution in [1.82, 2.24) is 19.9 Å². The molecule has 2 aromatic heterocycles. The zero-order chi connectivity index (χ0) is 28.6. The number of nitrogen functional groups attached to an aromatic ring is 1. The number of carboxylic acids is 1. The number of amides is 1. The molecule has 0 unspecified atom stereocenters. The molecule has 0 bridgehead atoms. The summed E-state index contributed by atoms with van der Waals surface area (Å²) < 4.78 is 4.42. The Morgan fingerprint density at radius 1 is 0.902 bits per heavy atom. The van der Waals surface area contributed by atoms with Crippen LogP contribution >= 0.6 is 45.2 Å². The predicted octanol–water partition coefficient (Wildman–Crippen LogP) is 6.15. The Labute approximate surface area is 268 Å². The number of imidazole rings is 1. The van der Waals surface area contributed by atoms with Crippen LogP contribution in [-0.4, -0.2) is 46.5 Å². The highest BCUT2D eigenvalue weighted by Crippen LogP contribution is 2.29. The molecule has 0 aliphatic rings. The summed E-state index contributed by atoms with van der Waals surface area (Å²) in [7, 11) is 0. The number of halogens is 2. The zero-order valence-electron chi connectivity index (χ0n) is 22.5. The van der Waals surface area contributed by atoms with Crippen molar-refractivity contribution in [2.75, 3.05) is 12.3 Å². The minimum Gasteiger partial charge on any atom is -0.478 e. The summed E-state index contributed by atoms with van der Waals surface area (Å²) in [5.74, 6) is 0.578. The molecule has 209 valence electrons. The standard InChI is InChI=1S/C23H24IN5O.C7H5IO2.B/c1-2-19-28-20-21(17-7-3-4-8-18(17)27-22(20)25)29(19)14-6-5-13-26-23(30)15-9-11-16(24)12-10-15;8-6-3-1-5(2-4-6)7(9)10;/h3-4,7-12H,2,5-6,13-14H2,1H3,(H2,25,27)(H,26,30);1-4H,(H,9,10);. The summed E-state index contributed by atoms with van der Waals surface area (Å²) in [6, 6.07) is 22.3. The first-order valence-corrected chi connectivity index (χ1v) is 15.0. The lowest BCUT2D eigenvalue weighted by Gasteiger charge is -2.11. The number of unbranched alkanes of at least 4 members (excludes halogenated alkanes) is 1. The molecule has 3 aromatic carbocycles. The second-order valence-corrected chi connectivity index (χ2v) is 11.5. The number of hydrogen-bond donors (Lipinski definition) is 3. The number of nitrogens with zero attached hydrogens (tertiary/aromatic N) is 3. The van der Waals surface area contributed by atoms with E-state index in [4.69, 9.17) is 15.8 Å². The van der Waals surface area contributed by atoms with Gasteiger partial charge in [-0.15, -0.1) is 0 Å². The summed E-state index contributed by atoms with van der Waals surface area (Å²) in [5.41, 5.74) is 9.94. The van der Waals surface area contributed by atoms with Gasteiger partial charge in [0.15, 0.2) is 5.82 Å². The van der Waals surface area contributed by atoms with E-state index in [2.05, 4.69) is 73.0 Å². The van der Waals surface area contributed by atoms with Gasteiger partial charge in [-0.3, -0.25) is 4.79 Å². The van der Waals surface area contributed by atoms with Crippen molar-refractivity contribution in [3.63, 3.8) is 0 Å². The van der Waals surface area contributed by atoms with Gasteiger partial charge in [0, 0.05) is 46.0 Å². The summed E-state index contributed by atoms with van der Waals surface area (Å²) in [6.45, 7) is 3.57. The largest absolute Gasteiger partial charge is 0.478 e. The topological polar surface area (TPSA) is 123 Å². The van der Waals surface area contributed by atoms with Crippen molar-refractivity contribution in [3.8, 4) is 0 Å². The highest BCUT2D eigenvalue weighted by molar-refractivity contribution is 14.1. The lowest BCUT2D eigenvalue weighted by molar-refractivity contribution is 0.0696. The minimum atomic E-state index is -0.878. The smallest absolute Gasteiger partial charge is 0.335 e. The number of nitrogens with one attached hydrogen (secondary N) is 1. The molecule has 0 fully saturated rings. The summed E-state index contributed by atoms with van der Waals surface area (Å²) in [4.78, 5) is 31.8. The van der Waals surface area contributed by atoms with E-state index < -0.39 is 5.97 Å². The van der Waals surface area contributed by atoms with Crippen molar-refractivity contribution in [1.29, 1.82) is 0 Å². The number of aromatic carboxylic acids is 1. The molecule has 5 aromatic rings. The minimum absolute atomic E-state index is 0. The molecule has 0 saturated heterocycles. The fourth-order valence-corrected chi connectivity index (χ4v) is 5.03. The van der Waals surface area contributed by atoms with Gasteiger partial charge >= 0.3 is 5.97 Å². The van der Waals surface area contributed by atoms with Crippen LogP contribution in [0.1, 0.15) is 46.3 Å². The van der Waals surface area contributed by atoms with Gasteiger partial charge in [-0.25, -0.2) is 14.8 Å². The summed E-state index contributed by atoms with van der Waals surface area (Å²) >= 11 is 4.36. The van der Waals surface area contributed by atoms with Crippen LogP contribution in [0.3, 0.4) is 0 Å². The van der Waals surface area contributed by atoms with E-state index in [1.165, 1.54) is 0 Å².